The van der Waals surface area contributed by atoms with Crippen LogP contribution in [0.25, 0.3) is 0 Å². The lowest BCUT2D eigenvalue weighted by Crippen LogP contribution is -2.23. The van der Waals surface area contributed by atoms with Crippen LogP contribution in [-0.2, 0) is 6.54 Å². The van der Waals surface area contributed by atoms with Gasteiger partial charge in [0, 0.05) is 12.3 Å². The molecule has 0 saturated carbocycles. The number of nitrogens with zero attached hydrogens (tertiary/aromatic N) is 2. The van der Waals surface area contributed by atoms with Gasteiger partial charge in [0.2, 0.25) is 0 Å². The molecule has 5 heteroatoms. The molecule has 1 N–H and O–H groups in total. The minimum absolute atomic E-state index is 0.272. The number of hydrogen-bond donors (Lipinski definition) is 1. The van der Waals surface area contributed by atoms with Crippen LogP contribution in [0.5, 0.6) is 0 Å². The highest BCUT2D eigenvalue weighted by Gasteiger charge is 2.18. The lowest BCUT2D eigenvalue weighted by molar-refractivity contribution is 0.549. The van der Waals surface area contributed by atoms with Crippen LogP contribution in [-0.4, -0.2) is 28.3 Å². The van der Waals surface area contributed by atoms with Gasteiger partial charge in [0.15, 0.2) is 0 Å². The van der Waals surface area contributed by atoms with Crippen molar-refractivity contribution in [3.63, 3.8) is 0 Å². The molecule has 0 spiro atoms. The number of halogens is 1. The molecule has 0 aliphatic heterocycles. The van der Waals surface area contributed by atoms with Gasteiger partial charge in [-0.1, -0.05) is 25.4 Å². The summed E-state index contributed by atoms with van der Waals surface area (Å²) in [6.45, 7) is 7.42. The molecule has 0 amide bonds. The zero-order valence-electron chi connectivity index (χ0n) is 11.0. The minimum atomic E-state index is 0.272. The van der Waals surface area contributed by atoms with Gasteiger partial charge in [-0.25, -0.2) is 0 Å². The van der Waals surface area contributed by atoms with Gasteiger partial charge in [-0.3, -0.25) is 4.68 Å². The topological polar surface area (TPSA) is 29.9 Å². The van der Waals surface area contributed by atoms with Crippen LogP contribution >= 0.6 is 23.4 Å². The molecule has 1 rings (SSSR count). The minimum Gasteiger partial charge on any atom is -0.311 e. The molecule has 0 aliphatic carbocycles. The van der Waals surface area contributed by atoms with E-state index in [-0.39, 0.29) is 6.04 Å². The third-order valence-electron chi connectivity index (χ3n) is 2.55. The van der Waals surface area contributed by atoms with Crippen molar-refractivity contribution in [2.75, 3.05) is 18.6 Å². The first-order valence-corrected chi connectivity index (χ1v) is 7.59. The van der Waals surface area contributed by atoms with Crippen molar-refractivity contribution in [3.8, 4) is 0 Å². The van der Waals surface area contributed by atoms with Gasteiger partial charge in [0.05, 0.1) is 23.0 Å². The number of rotatable bonds is 7. The van der Waals surface area contributed by atoms with Crippen molar-refractivity contribution < 1.29 is 0 Å². The fraction of sp³-hybridized carbons (Fsp3) is 0.750. The van der Waals surface area contributed by atoms with Crippen LogP contribution in [0.15, 0.2) is 6.20 Å². The highest BCUT2D eigenvalue weighted by Crippen LogP contribution is 2.26. The van der Waals surface area contributed by atoms with E-state index in [0.29, 0.717) is 0 Å². The van der Waals surface area contributed by atoms with Gasteiger partial charge in [0.25, 0.3) is 0 Å². The van der Waals surface area contributed by atoms with Crippen LogP contribution in [0.4, 0.5) is 0 Å². The van der Waals surface area contributed by atoms with Gasteiger partial charge in [-0.15, -0.1) is 0 Å². The quantitative estimate of drug-likeness (QED) is 0.829. The fourth-order valence-electron chi connectivity index (χ4n) is 1.69. The summed E-state index contributed by atoms with van der Waals surface area (Å²) in [6.07, 6.45) is 1.73. The van der Waals surface area contributed by atoms with Crippen molar-refractivity contribution >= 4 is 23.4 Å². The maximum atomic E-state index is 6.21. The zero-order valence-corrected chi connectivity index (χ0v) is 12.6. The lowest BCUT2D eigenvalue weighted by Gasteiger charge is -2.18. The fourth-order valence-corrected chi connectivity index (χ4v) is 3.13. The standard InChI is InChI=1S/C12H22ClN3S/c1-5-16-12(10(13)6-15-16)11(14-4)8-17-7-9(2)3/h6,9,11,14H,5,7-8H2,1-4H3. The Labute approximate surface area is 113 Å². The van der Waals surface area contributed by atoms with Gasteiger partial charge >= 0.3 is 0 Å². The molecule has 0 aliphatic rings. The van der Waals surface area contributed by atoms with Gasteiger partial charge in [-0.05, 0) is 25.6 Å². The molecular weight excluding hydrogens is 254 g/mol. The van der Waals surface area contributed by atoms with E-state index < -0.39 is 0 Å². The highest BCUT2D eigenvalue weighted by atomic mass is 35.5. The van der Waals surface area contributed by atoms with Gasteiger partial charge in [-0.2, -0.15) is 16.9 Å². The zero-order chi connectivity index (χ0) is 12.8. The van der Waals surface area contributed by atoms with Gasteiger partial charge < -0.3 is 5.32 Å². The molecule has 0 bridgehead atoms. The largest absolute Gasteiger partial charge is 0.311 e. The molecule has 1 aromatic rings. The highest BCUT2D eigenvalue weighted by molar-refractivity contribution is 7.99. The Balaban J connectivity index is 2.68. The maximum Gasteiger partial charge on any atom is 0.0834 e. The van der Waals surface area contributed by atoms with E-state index in [9.17, 15) is 0 Å². The maximum absolute atomic E-state index is 6.21. The Kier molecular flexibility index (Phi) is 6.38. The molecule has 0 radical (unpaired) electrons. The van der Waals surface area contributed by atoms with E-state index in [2.05, 4.69) is 31.2 Å². The average molecular weight is 276 g/mol. The summed E-state index contributed by atoms with van der Waals surface area (Å²) in [5, 5.41) is 8.37. The number of hydrogen-bond acceptors (Lipinski definition) is 3. The summed E-state index contributed by atoms with van der Waals surface area (Å²) in [7, 11) is 1.98. The summed E-state index contributed by atoms with van der Waals surface area (Å²) in [5.74, 6) is 2.93. The van der Waals surface area contributed by atoms with Crippen molar-refractivity contribution in [3.05, 3.63) is 16.9 Å². The molecule has 1 aromatic heterocycles. The van der Waals surface area contributed by atoms with Crippen molar-refractivity contribution in [1.29, 1.82) is 0 Å². The smallest absolute Gasteiger partial charge is 0.0834 e. The predicted molar refractivity (Wildman–Crippen MR) is 76.9 cm³/mol. The molecule has 3 nitrogen and oxygen atoms in total. The van der Waals surface area contributed by atoms with E-state index in [1.54, 1.807) is 6.20 Å². The van der Waals surface area contributed by atoms with Gasteiger partial charge in [0.1, 0.15) is 0 Å². The van der Waals surface area contributed by atoms with E-state index in [1.807, 2.05) is 23.5 Å². The Morgan fingerprint density at radius 1 is 1.47 bits per heavy atom. The lowest BCUT2D eigenvalue weighted by atomic mass is 10.2. The van der Waals surface area contributed by atoms with E-state index in [4.69, 9.17) is 11.6 Å². The van der Waals surface area contributed by atoms with Crippen LogP contribution < -0.4 is 5.32 Å². The summed E-state index contributed by atoms with van der Waals surface area (Å²) in [4.78, 5) is 0. The van der Waals surface area contributed by atoms with Crippen molar-refractivity contribution in [2.24, 2.45) is 5.92 Å². The Hall–Kier alpha value is -0.190. The Bertz CT molecular complexity index is 338. The molecule has 0 saturated heterocycles. The first kappa shape index (κ1) is 14.9. The van der Waals surface area contributed by atoms with E-state index in [1.165, 1.54) is 5.75 Å². The van der Waals surface area contributed by atoms with E-state index >= 15 is 0 Å². The number of aryl methyl sites for hydroxylation is 1. The predicted octanol–water partition coefficient (Wildman–Crippen LogP) is 3.21. The monoisotopic (exact) mass is 275 g/mol. The second-order valence-electron chi connectivity index (χ2n) is 4.47. The molecule has 0 fully saturated rings. The Morgan fingerprint density at radius 3 is 2.71 bits per heavy atom. The number of nitrogens with one attached hydrogen (secondary N) is 1. The van der Waals surface area contributed by atoms with Crippen LogP contribution in [0.3, 0.4) is 0 Å². The van der Waals surface area contributed by atoms with Crippen LogP contribution in [0, 0.1) is 5.92 Å². The number of thioether (sulfide) groups is 1. The third-order valence-corrected chi connectivity index (χ3v) is 4.31. The van der Waals surface area contributed by atoms with E-state index in [0.717, 1.165) is 28.9 Å². The molecule has 1 unspecified atom stereocenters. The normalized spacial score (nSPS) is 13.3. The number of aromatic nitrogens is 2. The summed E-state index contributed by atoms with van der Waals surface area (Å²) >= 11 is 8.16. The summed E-state index contributed by atoms with van der Waals surface area (Å²) in [5.41, 5.74) is 1.10. The van der Waals surface area contributed by atoms with Crippen LogP contribution in [0.2, 0.25) is 5.02 Å². The SMILES string of the molecule is CCn1ncc(Cl)c1C(CSCC(C)C)NC. The Morgan fingerprint density at radius 2 is 2.18 bits per heavy atom. The molecule has 1 heterocycles. The molecular formula is C12H22ClN3S. The average Bonchev–Trinajstić information content (AvgIpc) is 2.66. The molecule has 98 valence electrons. The van der Waals surface area contributed by atoms with Crippen molar-refractivity contribution in [2.45, 2.75) is 33.4 Å². The first-order valence-electron chi connectivity index (χ1n) is 6.06. The second kappa shape index (κ2) is 7.29. The second-order valence-corrected chi connectivity index (χ2v) is 5.95. The van der Waals surface area contributed by atoms with Crippen LogP contribution in [0.1, 0.15) is 32.5 Å². The summed E-state index contributed by atoms with van der Waals surface area (Å²) in [6, 6.07) is 0.272. The molecule has 17 heavy (non-hydrogen) atoms. The first-order chi connectivity index (χ1) is 8.10. The molecule has 0 aromatic carbocycles. The third kappa shape index (κ3) is 4.19. The summed E-state index contributed by atoms with van der Waals surface area (Å²) < 4.78 is 1.97. The van der Waals surface area contributed by atoms with Crippen molar-refractivity contribution in [1.82, 2.24) is 15.1 Å². The molecule has 1 atom stereocenters.